The minimum atomic E-state index is -0.388. The second-order valence-corrected chi connectivity index (χ2v) is 4.97. The zero-order chi connectivity index (χ0) is 13.8. The first-order valence-electron chi connectivity index (χ1n) is 6.49. The van der Waals surface area contributed by atoms with Gasteiger partial charge in [0.05, 0.1) is 12.8 Å². The van der Waals surface area contributed by atoms with Gasteiger partial charge < -0.3 is 15.0 Å². The molecule has 0 radical (unpaired) electrons. The molecule has 0 spiro atoms. The Labute approximate surface area is 112 Å². The van der Waals surface area contributed by atoms with Crippen LogP contribution in [0.5, 0.6) is 5.75 Å². The van der Waals surface area contributed by atoms with Gasteiger partial charge >= 0.3 is 6.03 Å². The van der Waals surface area contributed by atoms with Gasteiger partial charge in [0.15, 0.2) is 0 Å². The molecule has 19 heavy (non-hydrogen) atoms. The van der Waals surface area contributed by atoms with Gasteiger partial charge in [-0.25, -0.2) is 9.18 Å². The van der Waals surface area contributed by atoms with Crippen LogP contribution in [0.2, 0.25) is 0 Å². The van der Waals surface area contributed by atoms with Gasteiger partial charge in [0.2, 0.25) is 0 Å². The van der Waals surface area contributed by atoms with Crippen molar-refractivity contribution < 1.29 is 13.9 Å². The lowest BCUT2D eigenvalue weighted by atomic mass is 10.0. The number of methoxy groups -OCH3 is 1. The molecular formula is C14H19FN2O2. The average Bonchev–Trinajstić information content (AvgIpc) is 2.40. The predicted octanol–water partition coefficient (Wildman–Crippen LogP) is 3.10. The van der Waals surface area contributed by atoms with Gasteiger partial charge in [-0.2, -0.15) is 0 Å². The van der Waals surface area contributed by atoms with E-state index in [1.807, 2.05) is 0 Å². The summed E-state index contributed by atoms with van der Waals surface area (Å²) < 4.78 is 18.1. The van der Waals surface area contributed by atoms with E-state index in [1.165, 1.54) is 25.3 Å². The summed E-state index contributed by atoms with van der Waals surface area (Å²) in [5.74, 6) is 0.467. The van der Waals surface area contributed by atoms with Crippen LogP contribution in [-0.4, -0.2) is 31.1 Å². The highest BCUT2D eigenvalue weighted by Gasteiger charge is 2.21. The third-order valence-electron chi connectivity index (χ3n) is 3.35. The van der Waals surface area contributed by atoms with E-state index in [9.17, 15) is 9.18 Å². The van der Waals surface area contributed by atoms with Crippen molar-refractivity contribution in [3.05, 3.63) is 24.0 Å². The first-order valence-corrected chi connectivity index (χ1v) is 6.49. The first-order chi connectivity index (χ1) is 9.10. The van der Waals surface area contributed by atoms with Crippen molar-refractivity contribution in [3.8, 4) is 5.75 Å². The molecule has 2 amide bonds. The van der Waals surface area contributed by atoms with Gasteiger partial charge in [0, 0.05) is 19.2 Å². The van der Waals surface area contributed by atoms with Crippen molar-refractivity contribution in [2.24, 2.45) is 5.92 Å². The van der Waals surface area contributed by atoms with E-state index < -0.39 is 0 Å². The smallest absolute Gasteiger partial charge is 0.321 e. The number of amides is 2. The Kier molecular flexibility index (Phi) is 4.24. The molecule has 1 heterocycles. The SMILES string of the molecule is COc1cc(F)ccc1NC(=O)N1CCCC(C)C1. The Morgan fingerprint density at radius 1 is 1.53 bits per heavy atom. The summed E-state index contributed by atoms with van der Waals surface area (Å²) in [6.07, 6.45) is 2.18. The minimum Gasteiger partial charge on any atom is -0.494 e. The van der Waals surface area contributed by atoms with Gasteiger partial charge in [0.1, 0.15) is 11.6 Å². The molecule has 0 bridgehead atoms. The molecule has 1 fully saturated rings. The van der Waals surface area contributed by atoms with Crippen molar-refractivity contribution in [2.45, 2.75) is 19.8 Å². The van der Waals surface area contributed by atoms with Gasteiger partial charge in [0.25, 0.3) is 0 Å². The summed E-state index contributed by atoms with van der Waals surface area (Å²) in [6.45, 7) is 3.66. The summed E-state index contributed by atoms with van der Waals surface area (Å²) >= 11 is 0. The van der Waals surface area contributed by atoms with E-state index in [2.05, 4.69) is 12.2 Å². The average molecular weight is 266 g/mol. The third-order valence-corrected chi connectivity index (χ3v) is 3.35. The second-order valence-electron chi connectivity index (χ2n) is 4.97. The van der Waals surface area contributed by atoms with Crippen LogP contribution in [0.15, 0.2) is 18.2 Å². The van der Waals surface area contributed by atoms with Crippen molar-refractivity contribution >= 4 is 11.7 Å². The van der Waals surface area contributed by atoms with Crippen molar-refractivity contribution in [2.75, 3.05) is 25.5 Å². The Morgan fingerprint density at radius 3 is 3.00 bits per heavy atom. The Balaban J connectivity index is 2.06. The largest absolute Gasteiger partial charge is 0.494 e. The number of hydrogen-bond acceptors (Lipinski definition) is 2. The molecule has 5 heteroatoms. The highest BCUT2D eigenvalue weighted by atomic mass is 19.1. The summed E-state index contributed by atoms with van der Waals surface area (Å²) in [5, 5.41) is 2.77. The molecule has 1 aromatic carbocycles. The molecule has 1 aromatic rings. The molecule has 1 saturated heterocycles. The van der Waals surface area contributed by atoms with Crippen molar-refractivity contribution in [1.82, 2.24) is 4.90 Å². The number of ether oxygens (including phenoxy) is 1. The molecule has 104 valence electrons. The number of rotatable bonds is 2. The molecular weight excluding hydrogens is 247 g/mol. The fourth-order valence-corrected chi connectivity index (χ4v) is 2.34. The maximum absolute atomic E-state index is 13.1. The van der Waals surface area contributed by atoms with E-state index in [-0.39, 0.29) is 11.8 Å². The Hall–Kier alpha value is -1.78. The Bertz CT molecular complexity index is 465. The Morgan fingerprint density at radius 2 is 2.32 bits per heavy atom. The quantitative estimate of drug-likeness (QED) is 0.893. The van der Waals surface area contributed by atoms with E-state index in [1.54, 1.807) is 4.90 Å². The molecule has 1 unspecified atom stereocenters. The van der Waals surface area contributed by atoms with Crippen LogP contribution in [0, 0.1) is 11.7 Å². The highest BCUT2D eigenvalue weighted by Crippen LogP contribution is 2.26. The van der Waals surface area contributed by atoms with Crippen molar-refractivity contribution in [3.63, 3.8) is 0 Å². The number of carbonyl (C=O) groups is 1. The zero-order valence-electron chi connectivity index (χ0n) is 11.3. The van der Waals surface area contributed by atoms with Gasteiger partial charge in [-0.1, -0.05) is 6.92 Å². The molecule has 1 aliphatic heterocycles. The molecule has 1 N–H and O–H groups in total. The van der Waals surface area contributed by atoms with E-state index in [0.717, 1.165) is 25.9 Å². The van der Waals surface area contributed by atoms with Gasteiger partial charge in [-0.05, 0) is 30.9 Å². The predicted molar refractivity (Wildman–Crippen MR) is 71.9 cm³/mol. The maximum Gasteiger partial charge on any atom is 0.321 e. The number of hydrogen-bond donors (Lipinski definition) is 1. The molecule has 0 aromatic heterocycles. The molecule has 0 aliphatic carbocycles. The number of halogens is 1. The fraction of sp³-hybridized carbons (Fsp3) is 0.500. The lowest BCUT2D eigenvalue weighted by Crippen LogP contribution is -2.41. The number of urea groups is 1. The molecule has 1 atom stereocenters. The number of nitrogens with one attached hydrogen (secondary N) is 1. The normalized spacial score (nSPS) is 19.1. The first kappa shape index (κ1) is 13.6. The van der Waals surface area contributed by atoms with E-state index in [4.69, 9.17) is 4.74 Å². The number of nitrogens with zero attached hydrogens (tertiary/aromatic N) is 1. The van der Waals surface area contributed by atoms with Gasteiger partial charge in [-0.15, -0.1) is 0 Å². The van der Waals surface area contributed by atoms with Crippen molar-refractivity contribution in [1.29, 1.82) is 0 Å². The molecule has 2 rings (SSSR count). The second kappa shape index (κ2) is 5.91. The summed E-state index contributed by atoms with van der Waals surface area (Å²) in [7, 11) is 1.45. The number of anilines is 1. The van der Waals surface area contributed by atoms with Crippen LogP contribution in [0.4, 0.5) is 14.9 Å². The number of carbonyl (C=O) groups excluding carboxylic acids is 1. The van der Waals surface area contributed by atoms with Crippen LogP contribution in [0.25, 0.3) is 0 Å². The summed E-state index contributed by atoms with van der Waals surface area (Å²) in [5.41, 5.74) is 0.493. The third kappa shape index (κ3) is 3.36. The lowest BCUT2D eigenvalue weighted by Gasteiger charge is -2.31. The topological polar surface area (TPSA) is 41.6 Å². The number of benzene rings is 1. The number of likely N-dealkylation sites (tertiary alicyclic amines) is 1. The highest BCUT2D eigenvalue weighted by molar-refractivity contribution is 5.91. The molecule has 4 nitrogen and oxygen atoms in total. The summed E-state index contributed by atoms with van der Waals surface area (Å²) in [6, 6.07) is 3.92. The van der Waals surface area contributed by atoms with E-state index in [0.29, 0.717) is 17.4 Å². The molecule has 0 saturated carbocycles. The fourth-order valence-electron chi connectivity index (χ4n) is 2.34. The van der Waals surface area contributed by atoms with Crippen LogP contribution in [-0.2, 0) is 0 Å². The van der Waals surface area contributed by atoms with Crippen LogP contribution in [0.3, 0.4) is 0 Å². The van der Waals surface area contributed by atoms with E-state index >= 15 is 0 Å². The van der Waals surface area contributed by atoms with Crippen LogP contribution < -0.4 is 10.1 Å². The maximum atomic E-state index is 13.1. The molecule has 1 aliphatic rings. The zero-order valence-corrected chi connectivity index (χ0v) is 11.3. The lowest BCUT2D eigenvalue weighted by molar-refractivity contribution is 0.182. The summed E-state index contributed by atoms with van der Waals surface area (Å²) in [4.78, 5) is 13.9. The van der Waals surface area contributed by atoms with Crippen LogP contribution in [0.1, 0.15) is 19.8 Å². The standard InChI is InChI=1S/C14H19FN2O2/c1-10-4-3-7-17(9-10)14(18)16-12-6-5-11(15)8-13(12)19-2/h5-6,8,10H,3-4,7,9H2,1-2H3,(H,16,18). The van der Waals surface area contributed by atoms with Gasteiger partial charge in [-0.3, -0.25) is 0 Å². The monoisotopic (exact) mass is 266 g/mol. The van der Waals surface area contributed by atoms with Crippen LogP contribution >= 0.6 is 0 Å². The minimum absolute atomic E-state index is 0.156. The number of piperidine rings is 1.